The van der Waals surface area contributed by atoms with Gasteiger partial charge < -0.3 is 9.19 Å². The molecule has 1 fully saturated rings. The van der Waals surface area contributed by atoms with Crippen molar-refractivity contribution in [3.8, 4) is 28.3 Å². The highest BCUT2D eigenvalue weighted by Gasteiger charge is 2.23. The lowest BCUT2D eigenvalue weighted by molar-refractivity contribution is 0.169. The predicted molar refractivity (Wildman–Crippen MR) is 143 cm³/mol. The summed E-state index contributed by atoms with van der Waals surface area (Å²) in [5.41, 5.74) is 4.65. The van der Waals surface area contributed by atoms with E-state index in [2.05, 4.69) is 43.0 Å². The van der Waals surface area contributed by atoms with E-state index in [1.54, 1.807) is 6.07 Å². The number of hydrogen-bond acceptors (Lipinski definition) is 4. The molecule has 0 spiro atoms. The number of piperidine rings is 1. The number of benzene rings is 3. The second-order valence-electron chi connectivity index (χ2n) is 9.42. The lowest BCUT2D eigenvalue weighted by Crippen LogP contribution is -2.38. The Hall–Kier alpha value is -3.15. The molecule has 3 aromatic carbocycles. The fourth-order valence-electron chi connectivity index (χ4n) is 5.09. The van der Waals surface area contributed by atoms with E-state index in [0.29, 0.717) is 40.5 Å². The number of aromatic nitrogens is 2. The van der Waals surface area contributed by atoms with Gasteiger partial charge >= 0.3 is 0 Å². The number of likely N-dealkylation sites (tertiary alicyclic amines) is 1. The third kappa shape index (κ3) is 4.84. The Kier molecular flexibility index (Phi) is 6.89. The van der Waals surface area contributed by atoms with E-state index in [4.69, 9.17) is 21.1 Å². The van der Waals surface area contributed by atoms with Gasteiger partial charge in [0, 0.05) is 13.1 Å². The molecule has 0 saturated carbocycles. The molecule has 5 nitrogen and oxygen atoms in total. The highest BCUT2D eigenvalue weighted by molar-refractivity contribution is 6.09. The number of hydrogen-bond donors (Lipinski definition) is 0. The van der Waals surface area contributed by atoms with Gasteiger partial charge in [-0.25, -0.2) is 4.98 Å². The van der Waals surface area contributed by atoms with Gasteiger partial charge in [0.05, 0.1) is 16.5 Å². The first-order valence-corrected chi connectivity index (χ1v) is 12.6. The average molecular weight is 488 g/mol. The van der Waals surface area contributed by atoms with E-state index in [1.165, 1.54) is 5.56 Å². The number of nitrogens with zero attached hydrogens (tertiary/aromatic N) is 3. The summed E-state index contributed by atoms with van der Waals surface area (Å²) in [5, 5.41) is 0.624. The molecule has 6 heteroatoms. The zero-order chi connectivity index (χ0) is 24.4. The van der Waals surface area contributed by atoms with E-state index in [1.807, 2.05) is 41.0 Å². The monoisotopic (exact) mass is 487 g/mol. The summed E-state index contributed by atoms with van der Waals surface area (Å²) in [6.07, 6.45) is 2.24. The maximum absolute atomic E-state index is 14.0. The SMILES string of the molecule is CCN1CCCC(Cn2c(-c3ccccc3OCl)nc3ccc(-c4ccc(C)cc4)cc3c2=O)C1. The molecule has 1 unspecified atom stereocenters. The Morgan fingerprint density at radius 3 is 2.60 bits per heavy atom. The van der Waals surface area contributed by atoms with Gasteiger partial charge in [-0.15, -0.1) is 0 Å². The van der Waals surface area contributed by atoms with Crippen molar-refractivity contribution < 1.29 is 4.29 Å². The van der Waals surface area contributed by atoms with Crippen LogP contribution < -0.4 is 9.85 Å². The van der Waals surface area contributed by atoms with Crippen LogP contribution in [-0.4, -0.2) is 34.1 Å². The Bertz CT molecular complexity index is 1400. The lowest BCUT2D eigenvalue weighted by atomic mass is 9.97. The van der Waals surface area contributed by atoms with Gasteiger partial charge in [0.15, 0.2) is 5.75 Å². The third-order valence-corrected chi connectivity index (χ3v) is 7.21. The quantitative estimate of drug-likeness (QED) is 0.320. The van der Waals surface area contributed by atoms with Crippen LogP contribution in [0.5, 0.6) is 5.75 Å². The highest BCUT2D eigenvalue weighted by Crippen LogP contribution is 2.31. The molecule has 1 aromatic heterocycles. The normalized spacial score (nSPS) is 16.5. The van der Waals surface area contributed by atoms with Gasteiger partial charge in [-0.2, -0.15) is 0 Å². The number of fused-ring (bicyclic) bond motifs is 1. The second kappa shape index (κ2) is 10.2. The van der Waals surface area contributed by atoms with Crippen LogP contribution >= 0.6 is 11.9 Å². The molecule has 0 radical (unpaired) electrons. The molecule has 1 atom stereocenters. The van der Waals surface area contributed by atoms with Gasteiger partial charge in [0.25, 0.3) is 5.56 Å². The van der Waals surface area contributed by atoms with E-state index in [9.17, 15) is 4.79 Å². The van der Waals surface area contributed by atoms with Crippen molar-refractivity contribution in [1.82, 2.24) is 14.5 Å². The van der Waals surface area contributed by atoms with Crippen molar-refractivity contribution in [3.63, 3.8) is 0 Å². The van der Waals surface area contributed by atoms with Crippen LogP contribution in [0.25, 0.3) is 33.4 Å². The molecule has 35 heavy (non-hydrogen) atoms. The summed E-state index contributed by atoms with van der Waals surface area (Å²) in [6, 6.07) is 21.8. The van der Waals surface area contributed by atoms with Crippen molar-refractivity contribution in [3.05, 3.63) is 82.6 Å². The average Bonchev–Trinajstić information content (AvgIpc) is 2.90. The number of para-hydroxylation sites is 1. The molecular weight excluding hydrogens is 458 g/mol. The van der Waals surface area contributed by atoms with Crippen LogP contribution in [0.2, 0.25) is 0 Å². The maximum atomic E-state index is 14.0. The smallest absolute Gasteiger partial charge is 0.261 e. The van der Waals surface area contributed by atoms with E-state index >= 15 is 0 Å². The van der Waals surface area contributed by atoms with Crippen molar-refractivity contribution >= 4 is 22.8 Å². The van der Waals surface area contributed by atoms with Crippen molar-refractivity contribution in [2.24, 2.45) is 5.92 Å². The summed E-state index contributed by atoms with van der Waals surface area (Å²) < 4.78 is 6.96. The standard InChI is InChI=1S/C29H30ClN3O2/c1-3-32-16-6-7-21(18-32)19-33-28(24-8-4-5-9-27(24)35-30)31-26-15-14-23(17-25(26)29(33)34)22-12-10-20(2)11-13-22/h4-5,8-15,17,21H,3,6-7,16,18-19H2,1-2H3. The summed E-state index contributed by atoms with van der Waals surface area (Å²) in [7, 11) is 0. The first-order chi connectivity index (χ1) is 17.1. The second-order valence-corrected chi connectivity index (χ2v) is 9.58. The molecule has 1 aliphatic rings. The molecule has 180 valence electrons. The van der Waals surface area contributed by atoms with Crippen LogP contribution in [0, 0.1) is 12.8 Å². The molecule has 1 saturated heterocycles. The molecule has 5 rings (SSSR count). The van der Waals surface area contributed by atoms with E-state index in [-0.39, 0.29) is 5.56 Å². The number of rotatable bonds is 6. The summed E-state index contributed by atoms with van der Waals surface area (Å²) >= 11 is 5.80. The number of halogens is 1. The summed E-state index contributed by atoms with van der Waals surface area (Å²) in [6.45, 7) is 8.00. The van der Waals surface area contributed by atoms with Crippen LogP contribution in [0.15, 0.2) is 71.5 Å². The summed E-state index contributed by atoms with van der Waals surface area (Å²) in [4.78, 5) is 21.5. The Morgan fingerprint density at radius 1 is 1.06 bits per heavy atom. The predicted octanol–water partition coefficient (Wildman–Crippen LogP) is 6.30. The van der Waals surface area contributed by atoms with Gasteiger partial charge in [-0.1, -0.05) is 55.0 Å². The van der Waals surface area contributed by atoms with Gasteiger partial charge in [-0.05, 0) is 74.2 Å². The Morgan fingerprint density at radius 2 is 1.83 bits per heavy atom. The van der Waals surface area contributed by atoms with Gasteiger partial charge in [0.2, 0.25) is 0 Å². The molecule has 0 amide bonds. The van der Waals surface area contributed by atoms with E-state index < -0.39 is 0 Å². The summed E-state index contributed by atoms with van der Waals surface area (Å²) in [5.74, 6) is 1.46. The minimum atomic E-state index is -0.0306. The minimum absolute atomic E-state index is 0.0306. The van der Waals surface area contributed by atoms with E-state index in [0.717, 1.165) is 43.6 Å². The molecule has 0 N–H and O–H groups in total. The topological polar surface area (TPSA) is 47.4 Å². The molecule has 2 heterocycles. The molecule has 1 aliphatic heterocycles. The first kappa shape index (κ1) is 23.6. The third-order valence-electron chi connectivity index (χ3n) is 7.04. The molecular formula is C29H30ClN3O2. The molecule has 0 aliphatic carbocycles. The fraction of sp³-hybridized carbons (Fsp3) is 0.310. The zero-order valence-electron chi connectivity index (χ0n) is 20.2. The molecule has 4 aromatic rings. The van der Waals surface area contributed by atoms with Crippen molar-refractivity contribution in [1.29, 1.82) is 0 Å². The lowest BCUT2D eigenvalue weighted by Gasteiger charge is -2.32. The van der Waals surface area contributed by atoms with Crippen LogP contribution in [-0.2, 0) is 6.54 Å². The van der Waals surface area contributed by atoms with Crippen molar-refractivity contribution in [2.45, 2.75) is 33.2 Å². The largest absolute Gasteiger partial charge is 0.385 e. The Labute approximate surface area is 211 Å². The molecule has 0 bridgehead atoms. The minimum Gasteiger partial charge on any atom is -0.385 e. The van der Waals surface area contributed by atoms with Crippen molar-refractivity contribution in [2.75, 3.05) is 19.6 Å². The zero-order valence-corrected chi connectivity index (χ0v) is 21.0. The fourth-order valence-corrected chi connectivity index (χ4v) is 5.22. The van der Waals surface area contributed by atoms with Gasteiger partial charge in [-0.3, -0.25) is 9.36 Å². The van der Waals surface area contributed by atoms with Crippen LogP contribution in [0.3, 0.4) is 0 Å². The highest BCUT2D eigenvalue weighted by atomic mass is 35.5. The van der Waals surface area contributed by atoms with Gasteiger partial charge in [0.1, 0.15) is 17.7 Å². The Balaban J connectivity index is 1.67. The number of aryl methyl sites for hydroxylation is 1. The van der Waals surface area contributed by atoms with Crippen LogP contribution in [0.4, 0.5) is 0 Å². The van der Waals surface area contributed by atoms with Crippen LogP contribution in [0.1, 0.15) is 25.3 Å². The first-order valence-electron chi connectivity index (χ1n) is 12.3. The maximum Gasteiger partial charge on any atom is 0.261 e.